The Labute approximate surface area is 204 Å². The molecule has 8 heteroatoms. The van der Waals surface area contributed by atoms with E-state index in [4.69, 9.17) is 4.74 Å². The molecule has 0 unspecified atom stereocenters. The number of hydrogen-bond donors (Lipinski definition) is 2. The van der Waals surface area contributed by atoms with E-state index in [-0.39, 0.29) is 24.4 Å². The molecule has 180 valence electrons. The lowest BCUT2D eigenvalue weighted by Crippen LogP contribution is -2.47. The van der Waals surface area contributed by atoms with Gasteiger partial charge in [0.25, 0.3) is 0 Å². The molecule has 0 radical (unpaired) electrons. The largest absolute Gasteiger partial charge is 0.494 e. The number of aryl methyl sites for hydroxylation is 1. The summed E-state index contributed by atoms with van der Waals surface area (Å²) in [7, 11) is 0. The molecule has 3 aromatic rings. The maximum absolute atomic E-state index is 14.3. The normalized spacial score (nSPS) is 24.4. The minimum Gasteiger partial charge on any atom is -0.494 e. The van der Waals surface area contributed by atoms with E-state index in [0.29, 0.717) is 32.5 Å². The van der Waals surface area contributed by atoms with Crippen LogP contribution in [0.5, 0.6) is 5.75 Å². The van der Waals surface area contributed by atoms with Gasteiger partial charge in [-0.25, -0.2) is 4.98 Å². The van der Waals surface area contributed by atoms with Crippen LogP contribution in [0.25, 0.3) is 0 Å². The molecule has 4 heterocycles. The number of rotatable bonds is 2. The van der Waals surface area contributed by atoms with Gasteiger partial charge >= 0.3 is 0 Å². The van der Waals surface area contributed by atoms with E-state index >= 15 is 0 Å². The number of anilines is 1. The van der Waals surface area contributed by atoms with Crippen LogP contribution in [0.1, 0.15) is 41.5 Å². The van der Waals surface area contributed by atoms with Gasteiger partial charge in [-0.05, 0) is 49.1 Å². The molecule has 2 aromatic carbocycles. The average molecular weight is 472 g/mol. The van der Waals surface area contributed by atoms with E-state index < -0.39 is 5.41 Å². The van der Waals surface area contributed by atoms with Crippen molar-refractivity contribution in [1.82, 2.24) is 20.2 Å². The van der Waals surface area contributed by atoms with Gasteiger partial charge in [0, 0.05) is 30.7 Å². The first-order valence-corrected chi connectivity index (χ1v) is 12.2. The Hall–Kier alpha value is -3.65. The molecule has 2 atom stereocenters. The Morgan fingerprint density at radius 3 is 2.91 bits per heavy atom. The zero-order valence-corrected chi connectivity index (χ0v) is 19.8. The number of benzene rings is 2. The number of fused-ring (bicyclic) bond motifs is 6. The summed E-state index contributed by atoms with van der Waals surface area (Å²) in [5, 5.41) is 2.94. The number of para-hydroxylation sites is 1. The van der Waals surface area contributed by atoms with Crippen LogP contribution in [0.15, 0.2) is 54.7 Å². The van der Waals surface area contributed by atoms with Crippen molar-refractivity contribution in [3.05, 3.63) is 77.4 Å². The summed E-state index contributed by atoms with van der Waals surface area (Å²) < 4.78 is 6.02. The number of H-pyrrole nitrogens is 1. The zero-order chi connectivity index (χ0) is 24.0. The Morgan fingerprint density at radius 1 is 1.17 bits per heavy atom. The second kappa shape index (κ2) is 8.53. The van der Waals surface area contributed by atoms with Crippen molar-refractivity contribution in [2.24, 2.45) is 0 Å². The van der Waals surface area contributed by atoms with Crippen LogP contribution < -0.4 is 15.0 Å². The highest BCUT2D eigenvalue weighted by Gasteiger charge is 2.60. The second-order valence-corrected chi connectivity index (χ2v) is 9.64. The molecule has 2 N–H and O–H groups in total. The van der Waals surface area contributed by atoms with Crippen molar-refractivity contribution in [2.75, 3.05) is 31.1 Å². The van der Waals surface area contributed by atoms with Crippen LogP contribution in [0.4, 0.5) is 5.69 Å². The number of amides is 2. The Bertz CT molecular complexity index is 1290. The highest BCUT2D eigenvalue weighted by atomic mass is 16.5. The maximum atomic E-state index is 14.3. The Kier molecular flexibility index (Phi) is 5.33. The summed E-state index contributed by atoms with van der Waals surface area (Å²) in [4.78, 5) is 39.0. The van der Waals surface area contributed by atoms with E-state index in [1.54, 1.807) is 4.90 Å². The van der Waals surface area contributed by atoms with Crippen molar-refractivity contribution in [1.29, 1.82) is 0 Å². The average Bonchev–Trinajstić information content (AvgIpc) is 3.51. The third-order valence-corrected chi connectivity index (χ3v) is 7.42. The van der Waals surface area contributed by atoms with Gasteiger partial charge in [-0.15, -0.1) is 0 Å². The third-order valence-electron chi connectivity index (χ3n) is 7.42. The van der Waals surface area contributed by atoms with E-state index in [0.717, 1.165) is 40.6 Å². The summed E-state index contributed by atoms with van der Waals surface area (Å²) in [6.07, 6.45) is 3.19. The first-order valence-electron chi connectivity index (χ1n) is 12.2. The van der Waals surface area contributed by atoms with E-state index in [1.807, 2.05) is 43.5 Å². The molecule has 0 saturated carbocycles. The van der Waals surface area contributed by atoms with E-state index in [1.165, 1.54) is 0 Å². The smallest absolute Gasteiger partial charge is 0.240 e. The summed E-state index contributed by atoms with van der Waals surface area (Å²) >= 11 is 0. The number of ether oxygens (including phenoxy) is 1. The molecule has 3 aliphatic rings. The Balaban J connectivity index is 1.52. The van der Waals surface area contributed by atoms with Crippen LogP contribution >= 0.6 is 0 Å². The molecular formula is C27H29N5O3. The summed E-state index contributed by atoms with van der Waals surface area (Å²) in [6.45, 7) is 4.35. The van der Waals surface area contributed by atoms with Gasteiger partial charge in [-0.2, -0.15) is 0 Å². The van der Waals surface area contributed by atoms with Gasteiger partial charge in [0.2, 0.25) is 11.8 Å². The molecule has 1 spiro atoms. The summed E-state index contributed by atoms with van der Waals surface area (Å²) in [6, 6.07) is 15.8. The topological polar surface area (TPSA) is 90.6 Å². The van der Waals surface area contributed by atoms with Gasteiger partial charge in [-0.3, -0.25) is 14.5 Å². The fraction of sp³-hybridized carbons (Fsp3) is 0.370. The van der Waals surface area contributed by atoms with Crippen LogP contribution in [-0.2, 0) is 21.5 Å². The summed E-state index contributed by atoms with van der Waals surface area (Å²) in [5.74, 6) is 1.48. The Morgan fingerprint density at radius 2 is 2.06 bits per heavy atom. The maximum Gasteiger partial charge on any atom is 0.240 e. The van der Waals surface area contributed by atoms with Gasteiger partial charge in [0.15, 0.2) is 0 Å². The molecule has 6 rings (SSSR count). The monoisotopic (exact) mass is 471 g/mol. The molecular weight excluding hydrogens is 442 g/mol. The number of nitrogens with zero attached hydrogens (tertiary/aromatic N) is 3. The van der Waals surface area contributed by atoms with Crippen molar-refractivity contribution in [3.63, 3.8) is 0 Å². The number of hydrogen-bond acceptors (Lipinski definition) is 5. The minimum atomic E-state index is -0.790. The van der Waals surface area contributed by atoms with Crippen molar-refractivity contribution in [2.45, 2.75) is 37.8 Å². The second-order valence-electron chi connectivity index (χ2n) is 9.64. The molecule has 3 aliphatic heterocycles. The number of aromatic amines is 1. The van der Waals surface area contributed by atoms with Crippen molar-refractivity contribution >= 4 is 17.5 Å². The number of carbonyl (C=O) groups is 2. The predicted octanol–water partition coefficient (Wildman–Crippen LogP) is 2.85. The highest BCUT2D eigenvalue weighted by molar-refractivity contribution is 6.11. The standard InChI is InChI=1S/C27H29N5O3/c1-18-15-29-23(30-18)16-31-12-10-27-21-8-2-3-9-22(21)32(26(27)34)17-24(33)28-11-5-13-35-20-7-4-6-19(14-20)25(27)31/h2-4,6-9,14-15,25H,5,10-13,16-17H2,1H3,(H,28,33)(H,29,30)/t25-,27+/m0/s1. The van der Waals surface area contributed by atoms with Crippen LogP contribution in [-0.4, -0.2) is 52.9 Å². The molecule has 2 amide bonds. The quantitative estimate of drug-likeness (QED) is 0.600. The SMILES string of the molecule is Cc1cnc(CN2CC[C@]34C(=O)N(CC(=O)NCCCOc5cccc(c5)[C@H]23)c2ccccc24)[nH]1. The first-order chi connectivity index (χ1) is 17.1. The lowest BCUT2D eigenvalue weighted by atomic mass is 9.72. The predicted molar refractivity (Wildman–Crippen MR) is 131 cm³/mol. The molecule has 8 nitrogen and oxygen atoms in total. The third kappa shape index (κ3) is 3.60. The number of nitrogens with one attached hydrogen (secondary N) is 2. The highest BCUT2D eigenvalue weighted by Crippen LogP contribution is 2.57. The number of imidazole rings is 1. The van der Waals surface area contributed by atoms with Gasteiger partial charge in [0.1, 0.15) is 18.1 Å². The van der Waals surface area contributed by atoms with E-state index in [2.05, 4.69) is 38.4 Å². The molecule has 4 bridgehead atoms. The number of carbonyl (C=O) groups excluding carboxylic acids is 2. The van der Waals surface area contributed by atoms with Crippen LogP contribution in [0.3, 0.4) is 0 Å². The molecule has 1 fully saturated rings. The minimum absolute atomic E-state index is 0.0136. The van der Waals surface area contributed by atoms with Crippen molar-refractivity contribution in [3.8, 4) is 5.75 Å². The lowest BCUT2D eigenvalue weighted by Gasteiger charge is -2.35. The molecule has 0 aliphatic carbocycles. The van der Waals surface area contributed by atoms with Gasteiger partial charge in [0.05, 0.1) is 24.6 Å². The van der Waals surface area contributed by atoms with Crippen molar-refractivity contribution < 1.29 is 14.3 Å². The van der Waals surface area contributed by atoms with E-state index in [9.17, 15) is 9.59 Å². The lowest BCUT2D eigenvalue weighted by molar-refractivity contribution is -0.127. The fourth-order valence-electron chi connectivity index (χ4n) is 5.98. The molecule has 1 saturated heterocycles. The fourth-order valence-corrected chi connectivity index (χ4v) is 5.98. The molecule has 35 heavy (non-hydrogen) atoms. The zero-order valence-electron chi connectivity index (χ0n) is 19.8. The van der Waals surface area contributed by atoms with Crippen LogP contribution in [0.2, 0.25) is 0 Å². The number of likely N-dealkylation sites (tertiary alicyclic amines) is 1. The summed E-state index contributed by atoms with van der Waals surface area (Å²) in [5.41, 5.74) is 3.07. The van der Waals surface area contributed by atoms with Gasteiger partial charge < -0.3 is 19.9 Å². The van der Waals surface area contributed by atoms with Crippen LogP contribution in [0, 0.1) is 6.92 Å². The number of aromatic nitrogens is 2. The molecule has 1 aromatic heterocycles. The van der Waals surface area contributed by atoms with Gasteiger partial charge in [-0.1, -0.05) is 30.3 Å². The first kappa shape index (κ1) is 21.9.